The van der Waals surface area contributed by atoms with E-state index in [9.17, 15) is 9.59 Å². The Morgan fingerprint density at radius 1 is 1.04 bits per heavy atom. The summed E-state index contributed by atoms with van der Waals surface area (Å²) in [5.41, 5.74) is -0.468. The molecule has 1 aromatic heterocycles. The van der Waals surface area contributed by atoms with Crippen LogP contribution < -0.4 is 19.8 Å². The predicted molar refractivity (Wildman–Crippen MR) is 85.3 cm³/mol. The minimum atomic E-state index is -0.773. The van der Waals surface area contributed by atoms with Crippen LogP contribution in [0.1, 0.15) is 34.6 Å². The molecule has 0 aliphatic carbocycles. The molecule has 0 aliphatic heterocycles. The number of fused-ring (bicyclic) bond motifs is 1. The third-order valence-electron chi connectivity index (χ3n) is 2.77. The Morgan fingerprint density at radius 3 is 2.26 bits per heavy atom. The van der Waals surface area contributed by atoms with Crippen molar-refractivity contribution in [3.05, 3.63) is 28.6 Å². The van der Waals surface area contributed by atoms with Crippen LogP contribution in [0.2, 0.25) is 0 Å². The second kappa shape index (κ2) is 6.73. The summed E-state index contributed by atoms with van der Waals surface area (Å²) >= 11 is 0. The van der Waals surface area contributed by atoms with Crippen LogP contribution >= 0.6 is 0 Å². The first-order chi connectivity index (χ1) is 10.8. The zero-order chi connectivity index (χ0) is 17.1. The zero-order valence-electron chi connectivity index (χ0n) is 13.8. The van der Waals surface area contributed by atoms with Crippen molar-refractivity contribution in [2.75, 3.05) is 0 Å². The summed E-state index contributed by atoms with van der Waals surface area (Å²) in [5, 5.41) is 0.464. The van der Waals surface area contributed by atoms with Gasteiger partial charge in [-0.1, -0.05) is 6.07 Å². The van der Waals surface area contributed by atoms with E-state index < -0.39 is 11.6 Å². The fraction of sp³-hybridized carbons (Fsp3) is 0.412. The highest BCUT2D eigenvalue weighted by Gasteiger charge is 2.23. The van der Waals surface area contributed by atoms with Gasteiger partial charge >= 0.3 is 11.6 Å². The average molecular weight is 320 g/mol. The first kappa shape index (κ1) is 16.9. The summed E-state index contributed by atoms with van der Waals surface area (Å²) < 4.78 is 21.8. The monoisotopic (exact) mass is 320 g/mol. The zero-order valence-corrected chi connectivity index (χ0v) is 13.8. The first-order valence-electron chi connectivity index (χ1n) is 7.41. The van der Waals surface area contributed by atoms with Crippen LogP contribution in [-0.2, 0) is 4.79 Å². The van der Waals surface area contributed by atoms with E-state index in [0.29, 0.717) is 16.7 Å². The molecule has 0 N–H and O–H groups in total. The highest BCUT2D eigenvalue weighted by Crippen LogP contribution is 2.39. The second-order valence-electron chi connectivity index (χ2n) is 5.60. The normalized spacial score (nSPS) is 11.1. The molecule has 0 amide bonds. The number of hydrogen-bond acceptors (Lipinski definition) is 6. The summed E-state index contributed by atoms with van der Waals surface area (Å²) in [7, 11) is 0. The lowest BCUT2D eigenvalue weighted by atomic mass is 10.2. The summed E-state index contributed by atoms with van der Waals surface area (Å²) in [5.74, 6) is -0.256. The summed E-state index contributed by atoms with van der Waals surface area (Å²) in [6.45, 7) is 8.59. The van der Waals surface area contributed by atoms with Crippen LogP contribution in [0, 0.1) is 0 Å². The van der Waals surface area contributed by atoms with Gasteiger partial charge in [0.1, 0.15) is 16.7 Å². The SMILES string of the molecule is CC(=O)Oc1c(OC(C)C)c2c(OC(C)C)cccc2oc1=O. The van der Waals surface area contributed by atoms with Crippen molar-refractivity contribution in [3.8, 4) is 17.2 Å². The van der Waals surface area contributed by atoms with Crippen LogP contribution in [0.4, 0.5) is 0 Å². The maximum absolute atomic E-state index is 12.1. The van der Waals surface area contributed by atoms with Gasteiger partial charge in [-0.05, 0) is 39.8 Å². The number of hydrogen-bond donors (Lipinski definition) is 0. The molecule has 0 saturated heterocycles. The summed E-state index contributed by atoms with van der Waals surface area (Å²) in [6, 6.07) is 5.09. The molecule has 0 unspecified atom stereocenters. The molecule has 2 rings (SSSR count). The van der Waals surface area contributed by atoms with E-state index in [0.717, 1.165) is 0 Å². The Kier molecular flexibility index (Phi) is 4.93. The van der Waals surface area contributed by atoms with Crippen LogP contribution in [0.5, 0.6) is 17.2 Å². The Bertz CT molecular complexity index is 772. The quantitative estimate of drug-likeness (QED) is 0.621. The topological polar surface area (TPSA) is 75.0 Å². The minimum absolute atomic E-state index is 0.0865. The summed E-state index contributed by atoms with van der Waals surface area (Å²) in [4.78, 5) is 23.5. The Labute approximate surface area is 134 Å². The van der Waals surface area contributed by atoms with Gasteiger partial charge in [0.05, 0.1) is 12.2 Å². The highest BCUT2D eigenvalue weighted by molar-refractivity contribution is 5.92. The smallest absolute Gasteiger partial charge is 0.383 e. The van der Waals surface area contributed by atoms with E-state index >= 15 is 0 Å². The lowest BCUT2D eigenvalue weighted by Gasteiger charge is -2.18. The van der Waals surface area contributed by atoms with Crippen LogP contribution in [0.3, 0.4) is 0 Å². The van der Waals surface area contributed by atoms with Crippen LogP contribution in [-0.4, -0.2) is 18.2 Å². The second-order valence-corrected chi connectivity index (χ2v) is 5.60. The Hall–Kier alpha value is -2.50. The molecule has 2 aromatic rings. The number of rotatable bonds is 5. The number of carbonyl (C=O) groups is 1. The number of esters is 1. The standard InChI is InChI=1S/C17H20O6/c1-9(2)20-12-7-6-8-13-14(12)15(21-10(3)4)16(17(19)23-13)22-11(5)18/h6-10H,1-5H3. The van der Waals surface area contributed by atoms with Gasteiger partial charge in [-0.25, -0.2) is 4.79 Å². The van der Waals surface area contributed by atoms with Crippen LogP contribution in [0.25, 0.3) is 11.0 Å². The molecule has 1 aromatic carbocycles. The molecule has 1 heterocycles. The van der Waals surface area contributed by atoms with Gasteiger partial charge in [0.15, 0.2) is 5.75 Å². The van der Waals surface area contributed by atoms with Gasteiger partial charge in [-0.15, -0.1) is 0 Å². The van der Waals surface area contributed by atoms with Crippen molar-refractivity contribution in [2.24, 2.45) is 0 Å². The Morgan fingerprint density at radius 2 is 1.70 bits per heavy atom. The van der Waals surface area contributed by atoms with Crippen molar-refractivity contribution >= 4 is 16.9 Å². The van der Waals surface area contributed by atoms with Gasteiger partial charge in [0.2, 0.25) is 0 Å². The summed E-state index contributed by atoms with van der Waals surface area (Å²) in [6.07, 6.45) is -0.321. The average Bonchev–Trinajstić information content (AvgIpc) is 2.41. The molecule has 0 atom stereocenters. The largest absolute Gasteiger partial charge is 0.490 e. The van der Waals surface area contributed by atoms with E-state index in [1.54, 1.807) is 18.2 Å². The molecular formula is C17H20O6. The molecule has 6 heteroatoms. The molecule has 0 saturated carbocycles. The van der Waals surface area contributed by atoms with Gasteiger partial charge in [-0.3, -0.25) is 4.79 Å². The molecule has 0 radical (unpaired) electrons. The van der Waals surface area contributed by atoms with E-state index in [1.165, 1.54) is 6.92 Å². The highest BCUT2D eigenvalue weighted by atomic mass is 16.6. The van der Waals surface area contributed by atoms with Crippen molar-refractivity contribution in [1.82, 2.24) is 0 Å². The molecule has 124 valence electrons. The minimum Gasteiger partial charge on any atom is -0.490 e. The third-order valence-corrected chi connectivity index (χ3v) is 2.77. The van der Waals surface area contributed by atoms with Crippen molar-refractivity contribution in [2.45, 2.75) is 46.8 Å². The molecule has 0 bridgehead atoms. The van der Waals surface area contributed by atoms with Crippen molar-refractivity contribution in [1.29, 1.82) is 0 Å². The lowest BCUT2D eigenvalue weighted by molar-refractivity contribution is -0.132. The molecule has 0 aliphatic rings. The van der Waals surface area contributed by atoms with E-state index in [1.807, 2.05) is 27.7 Å². The van der Waals surface area contributed by atoms with E-state index in [4.69, 9.17) is 18.6 Å². The fourth-order valence-corrected chi connectivity index (χ4v) is 2.10. The number of benzene rings is 1. The maximum Gasteiger partial charge on any atom is 0.383 e. The third kappa shape index (κ3) is 3.83. The van der Waals surface area contributed by atoms with E-state index in [-0.39, 0.29) is 23.7 Å². The Balaban J connectivity index is 2.80. The molecular weight excluding hydrogens is 300 g/mol. The molecule has 6 nitrogen and oxygen atoms in total. The predicted octanol–water partition coefficient (Wildman–Crippen LogP) is 3.29. The molecule has 0 spiro atoms. The number of ether oxygens (including phenoxy) is 3. The van der Waals surface area contributed by atoms with Crippen molar-refractivity contribution < 1.29 is 23.4 Å². The lowest BCUT2D eigenvalue weighted by Crippen LogP contribution is -2.16. The molecule has 0 fully saturated rings. The van der Waals surface area contributed by atoms with Gasteiger partial charge in [0.25, 0.3) is 5.75 Å². The van der Waals surface area contributed by atoms with Crippen LogP contribution in [0.15, 0.2) is 27.4 Å². The maximum atomic E-state index is 12.1. The van der Waals surface area contributed by atoms with Gasteiger partial charge in [0, 0.05) is 6.92 Å². The van der Waals surface area contributed by atoms with Gasteiger partial charge < -0.3 is 18.6 Å². The first-order valence-corrected chi connectivity index (χ1v) is 7.41. The van der Waals surface area contributed by atoms with Gasteiger partial charge in [-0.2, -0.15) is 0 Å². The molecule has 23 heavy (non-hydrogen) atoms. The van der Waals surface area contributed by atoms with E-state index in [2.05, 4.69) is 0 Å². The van der Waals surface area contributed by atoms with Crippen molar-refractivity contribution in [3.63, 3.8) is 0 Å². The fourth-order valence-electron chi connectivity index (χ4n) is 2.10. The number of carbonyl (C=O) groups excluding carboxylic acids is 1.